The summed E-state index contributed by atoms with van der Waals surface area (Å²) in [5.41, 5.74) is 2.25. The Kier molecular flexibility index (Phi) is 6.40. The molecule has 1 heterocycles. The molecule has 0 atom stereocenters. The number of nitrogens with one attached hydrogen (secondary N) is 1. The maximum Gasteiger partial charge on any atom is 0.349 e. The summed E-state index contributed by atoms with van der Waals surface area (Å²) in [6.07, 6.45) is 0. The largest absolute Gasteiger partial charge is 0.508 e. The van der Waals surface area contributed by atoms with Crippen LogP contribution in [-0.4, -0.2) is 33.9 Å². The van der Waals surface area contributed by atoms with Crippen LogP contribution >= 0.6 is 27.3 Å². The molecule has 7 nitrogen and oxygen atoms in total. The second kappa shape index (κ2) is 8.97. The summed E-state index contributed by atoms with van der Waals surface area (Å²) >= 11 is 4.34. The number of benzene rings is 2. The molecule has 0 aliphatic heterocycles. The first-order valence-corrected chi connectivity index (χ1v) is 9.99. The van der Waals surface area contributed by atoms with E-state index in [2.05, 4.69) is 21.2 Å². The molecular formula is C20H16BrNO6S. The summed E-state index contributed by atoms with van der Waals surface area (Å²) in [5.74, 6) is -2.21. The zero-order valence-corrected chi connectivity index (χ0v) is 17.3. The average Bonchev–Trinajstić information content (AvgIpc) is 3.02. The minimum atomic E-state index is -1.20. The summed E-state index contributed by atoms with van der Waals surface area (Å²) < 4.78 is 5.57. The molecule has 0 saturated heterocycles. The van der Waals surface area contributed by atoms with Gasteiger partial charge in [-0.2, -0.15) is 0 Å². The van der Waals surface area contributed by atoms with Crippen LogP contribution in [0.3, 0.4) is 0 Å². The Labute approximate surface area is 178 Å². The zero-order chi connectivity index (χ0) is 21.0. The number of phenols is 1. The van der Waals surface area contributed by atoms with Crippen LogP contribution < -0.4 is 10.1 Å². The number of aliphatic carboxylic acids is 1. The average molecular weight is 478 g/mol. The molecule has 0 radical (unpaired) electrons. The van der Waals surface area contributed by atoms with Gasteiger partial charge in [0.05, 0.1) is 9.35 Å². The Morgan fingerprint density at radius 2 is 1.86 bits per heavy atom. The molecule has 150 valence electrons. The van der Waals surface area contributed by atoms with E-state index >= 15 is 0 Å². The maximum atomic E-state index is 11.5. The number of thiophene rings is 1. The molecule has 3 rings (SSSR count). The van der Waals surface area contributed by atoms with Crippen LogP contribution in [0.5, 0.6) is 11.5 Å². The van der Waals surface area contributed by atoms with Gasteiger partial charge >= 0.3 is 11.9 Å². The van der Waals surface area contributed by atoms with Crippen molar-refractivity contribution in [3.05, 3.63) is 63.4 Å². The fourth-order valence-corrected chi connectivity index (χ4v) is 4.50. The number of aromatic hydroxyl groups is 1. The number of aromatic carboxylic acids is 1. The number of carbonyl (C=O) groups is 2. The van der Waals surface area contributed by atoms with Crippen LogP contribution in [-0.2, 0) is 11.3 Å². The summed E-state index contributed by atoms with van der Waals surface area (Å²) in [4.78, 5) is 22.9. The molecule has 3 aromatic rings. The van der Waals surface area contributed by atoms with E-state index in [0.29, 0.717) is 15.9 Å². The van der Waals surface area contributed by atoms with Gasteiger partial charge < -0.3 is 25.4 Å². The second-order valence-corrected chi connectivity index (χ2v) is 7.77. The maximum absolute atomic E-state index is 11.5. The minimum absolute atomic E-state index is 0.00697. The topological polar surface area (TPSA) is 116 Å². The van der Waals surface area contributed by atoms with Crippen LogP contribution in [0.2, 0.25) is 0 Å². The fraction of sp³-hybridized carbons (Fsp3) is 0.100. The lowest BCUT2D eigenvalue weighted by atomic mass is 10.1. The number of phenolic OH excluding ortho intramolecular Hbond substituents is 1. The highest BCUT2D eigenvalue weighted by Crippen LogP contribution is 2.46. The van der Waals surface area contributed by atoms with Gasteiger partial charge in [0.25, 0.3) is 0 Å². The van der Waals surface area contributed by atoms with Crippen LogP contribution in [0.4, 0.5) is 5.69 Å². The van der Waals surface area contributed by atoms with Crippen molar-refractivity contribution in [2.24, 2.45) is 0 Å². The number of hydrogen-bond donors (Lipinski definition) is 4. The number of carboxylic acids is 2. The molecule has 0 fully saturated rings. The second-order valence-electron chi connectivity index (χ2n) is 5.95. The molecule has 0 saturated carbocycles. The lowest BCUT2D eigenvalue weighted by Crippen LogP contribution is -2.11. The number of ether oxygens (including phenoxy) is 1. The zero-order valence-electron chi connectivity index (χ0n) is 14.9. The Morgan fingerprint density at radius 1 is 1.10 bits per heavy atom. The first-order valence-electron chi connectivity index (χ1n) is 8.38. The van der Waals surface area contributed by atoms with Crippen molar-refractivity contribution >= 4 is 44.9 Å². The van der Waals surface area contributed by atoms with Crippen molar-refractivity contribution in [3.8, 4) is 21.9 Å². The van der Waals surface area contributed by atoms with Crippen molar-refractivity contribution in [2.45, 2.75) is 6.54 Å². The van der Waals surface area contributed by atoms with E-state index in [9.17, 15) is 19.8 Å². The number of rotatable bonds is 8. The van der Waals surface area contributed by atoms with Crippen molar-refractivity contribution in [2.75, 3.05) is 11.9 Å². The highest BCUT2D eigenvalue weighted by Gasteiger charge is 2.24. The van der Waals surface area contributed by atoms with Crippen LogP contribution in [0.1, 0.15) is 15.2 Å². The van der Waals surface area contributed by atoms with Crippen molar-refractivity contribution in [3.63, 3.8) is 0 Å². The van der Waals surface area contributed by atoms with Gasteiger partial charge in [-0.1, -0.05) is 30.3 Å². The lowest BCUT2D eigenvalue weighted by molar-refractivity contribution is -0.139. The van der Waals surface area contributed by atoms with Gasteiger partial charge in [0, 0.05) is 17.8 Å². The molecule has 0 amide bonds. The Balaban J connectivity index is 1.88. The first kappa shape index (κ1) is 20.7. The van der Waals surface area contributed by atoms with E-state index in [0.717, 1.165) is 28.2 Å². The van der Waals surface area contributed by atoms with Gasteiger partial charge in [-0.05, 0) is 39.7 Å². The molecule has 0 spiro atoms. The Bertz CT molecular complexity index is 1060. The molecule has 29 heavy (non-hydrogen) atoms. The van der Waals surface area contributed by atoms with Gasteiger partial charge in [-0.3, -0.25) is 0 Å². The quantitative estimate of drug-likeness (QED) is 0.372. The normalized spacial score (nSPS) is 10.5. The number of hydrogen-bond acceptors (Lipinski definition) is 6. The van der Waals surface area contributed by atoms with Crippen molar-refractivity contribution in [1.29, 1.82) is 0 Å². The van der Waals surface area contributed by atoms with Crippen molar-refractivity contribution < 1.29 is 29.6 Å². The molecule has 9 heteroatoms. The molecule has 0 bridgehead atoms. The summed E-state index contributed by atoms with van der Waals surface area (Å²) in [7, 11) is 0. The van der Waals surface area contributed by atoms with Gasteiger partial charge in [-0.15, -0.1) is 11.3 Å². The highest BCUT2D eigenvalue weighted by atomic mass is 79.9. The number of carboxylic acid groups (broad SMARTS) is 2. The SMILES string of the molecule is O=C(O)COc1c(C(=O)O)sc(-c2cccc(NCc3ccccc3O)c2)c1Br. The monoisotopic (exact) mass is 477 g/mol. The van der Waals surface area contributed by atoms with E-state index in [1.54, 1.807) is 12.1 Å². The molecule has 0 aliphatic carbocycles. The summed E-state index contributed by atoms with van der Waals surface area (Å²) in [5, 5.41) is 31.3. The standard InChI is InChI=1S/C20H16BrNO6S/c21-16-17(28-10-15(24)25)19(20(26)27)29-18(16)11-5-3-6-13(8-11)22-9-12-4-1-2-7-14(12)23/h1-8,22-23H,9-10H2,(H,24,25)(H,26,27). The van der Waals surface area contributed by atoms with E-state index in [1.807, 2.05) is 36.4 Å². The predicted octanol–water partition coefficient (Wildman–Crippen LogP) is 4.66. The number of anilines is 1. The molecule has 2 aromatic carbocycles. The number of para-hydroxylation sites is 1. The molecular weight excluding hydrogens is 462 g/mol. The lowest BCUT2D eigenvalue weighted by Gasteiger charge is -2.09. The van der Waals surface area contributed by atoms with Gasteiger partial charge in [0.15, 0.2) is 17.2 Å². The van der Waals surface area contributed by atoms with Gasteiger partial charge in [0.1, 0.15) is 5.75 Å². The Morgan fingerprint density at radius 3 is 2.55 bits per heavy atom. The molecule has 1 aromatic heterocycles. The smallest absolute Gasteiger partial charge is 0.349 e. The highest BCUT2D eigenvalue weighted by molar-refractivity contribution is 9.10. The summed E-state index contributed by atoms with van der Waals surface area (Å²) in [6.45, 7) is -0.230. The van der Waals surface area contributed by atoms with Gasteiger partial charge in [0.2, 0.25) is 0 Å². The predicted molar refractivity (Wildman–Crippen MR) is 113 cm³/mol. The van der Waals surface area contributed by atoms with Crippen LogP contribution in [0, 0.1) is 0 Å². The first-order chi connectivity index (χ1) is 13.9. The van der Waals surface area contributed by atoms with E-state index in [4.69, 9.17) is 9.84 Å². The Hall–Kier alpha value is -3.04. The van der Waals surface area contributed by atoms with Crippen LogP contribution in [0.15, 0.2) is 53.0 Å². The van der Waals surface area contributed by atoms with E-state index < -0.39 is 18.5 Å². The van der Waals surface area contributed by atoms with Crippen molar-refractivity contribution in [1.82, 2.24) is 0 Å². The third-order valence-corrected chi connectivity index (χ3v) is 6.17. The molecule has 4 N–H and O–H groups in total. The molecule has 0 unspecified atom stereocenters. The number of halogens is 1. The van der Waals surface area contributed by atoms with E-state index in [-0.39, 0.29) is 16.4 Å². The third-order valence-electron chi connectivity index (χ3n) is 3.94. The molecule has 0 aliphatic rings. The fourth-order valence-electron chi connectivity index (χ4n) is 2.61. The van der Waals surface area contributed by atoms with E-state index in [1.165, 1.54) is 0 Å². The van der Waals surface area contributed by atoms with Crippen LogP contribution in [0.25, 0.3) is 10.4 Å². The van der Waals surface area contributed by atoms with Gasteiger partial charge in [-0.25, -0.2) is 9.59 Å². The third kappa shape index (κ3) is 4.87. The minimum Gasteiger partial charge on any atom is -0.508 e. The summed E-state index contributed by atoms with van der Waals surface area (Å²) in [6, 6.07) is 14.3.